The molecule has 3 heterocycles. The molecular formula is C24H27F3N6O2. The molecule has 1 saturated carbocycles. The first-order chi connectivity index (χ1) is 16.5. The second-order valence-electron chi connectivity index (χ2n) is 9.63. The van der Waals surface area contributed by atoms with E-state index in [0.717, 1.165) is 41.4 Å². The Bertz CT molecular complexity index is 1340. The van der Waals surface area contributed by atoms with Crippen molar-refractivity contribution in [3.8, 4) is 11.1 Å². The molecule has 1 aliphatic carbocycles. The lowest BCUT2D eigenvalue weighted by molar-refractivity contribution is -0.217. The van der Waals surface area contributed by atoms with E-state index in [1.54, 1.807) is 37.1 Å². The van der Waals surface area contributed by atoms with E-state index < -0.39 is 23.7 Å². The fraction of sp³-hybridized carbons (Fsp3) is 0.500. The summed E-state index contributed by atoms with van der Waals surface area (Å²) >= 11 is 0. The molecule has 1 aliphatic heterocycles. The maximum absolute atomic E-state index is 14.7. The summed E-state index contributed by atoms with van der Waals surface area (Å²) in [4.78, 5) is 30.1. The third-order valence-electron chi connectivity index (χ3n) is 7.34. The Morgan fingerprint density at radius 2 is 2.00 bits per heavy atom. The van der Waals surface area contributed by atoms with Gasteiger partial charge >= 0.3 is 6.18 Å². The molecule has 1 atom stereocenters. The number of hydrogen-bond donors (Lipinski definition) is 2. The lowest BCUT2D eigenvalue weighted by Crippen LogP contribution is -2.63. The van der Waals surface area contributed by atoms with E-state index >= 15 is 0 Å². The third-order valence-corrected chi connectivity index (χ3v) is 7.34. The number of alkyl halides is 3. The molecular weight excluding hydrogens is 461 g/mol. The van der Waals surface area contributed by atoms with Crippen molar-refractivity contribution in [2.75, 3.05) is 5.32 Å². The first-order valence-corrected chi connectivity index (χ1v) is 11.7. The average Bonchev–Trinajstić information content (AvgIpc) is 3.54. The molecule has 2 N–H and O–H groups in total. The van der Waals surface area contributed by atoms with Crippen LogP contribution in [-0.4, -0.2) is 37.3 Å². The number of fused-ring (bicyclic) bond motifs is 3. The highest BCUT2D eigenvalue weighted by Gasteiger charge is 2.67. The van der Waals surface area contributed by atoms with E-state index in [0.29, 0.717) is 29.0 Å². The summed E-state index contributed by atoms with van der Waals surface area (Å²) in [6.07, 6.45) is 2.80. The van der Waals surface area contributed by atoms with Crippen molar-refractivity contribution >= 4 is 28.8 Å². The highest BCUT2D eigenvalue weighted by Crippen LogP contribution is 2.46. The molecule has 35 heavy (non-hydrogen) atoms. The van der Waals surface area contributed by atoms with Crippen molar-refractivity contribution in [3.63, 3.8) is 0 Å². The number of anilines is 1. The van der Waals surface area contributed by atoms with Gasteiger partial charge in [-0.2, -0.15) is 18.3 Å². The minimum absolute atomic E-state index is 0.0726. The van der Waals surface area contributed by atoms with Crippen molar-refractivity contribution in [3.05, 3.63) is 29.6 Å². The summed E-state index contributed by atoms with van der Waals surface area (Å²) in [6.45, 7) is 3.65. The fourth-order valence-corrected chi connectivity index (χ4v) is 5.40. The molecule has 8 nitrogen and oxygen atoms in total. The van der Waals surface area contributed by atoms with Crippen molar-refractivity contribution in [2.24, 2.45) is 13.0 Å². The van der Waals surface area contributed by atoms with Gasteiger partial charge in [0.1, 0.15) is 0 Å². The molecule has 1 unspecified atom stereocenters. The van der Waals surface area contributed by atoms with Crippen LogP contribution in [0.25, 0.3) is 22.2 Å². The van der Waals surface area contributed by atoms with Gasteiger partial charge in [-0.1, -0.05) is 25.7 Å². The van der Waals surface area contributed by atoms with Crippen LogP contribution >= 0.6 is 0 Å². The number of aryl methyl sites for hydroxylation is 2. The Kier molecular flexibility index (Phi) is 5.41. The second-order valence-corrected chi connectivity index (χ2v) is 9.63. The number of nitrogens with one attached hydrogen (secondary N) is 2. The Balaban J connectivity index is 1.64. The quantitative estimate of drug-likeness (QED) is 0.560. The number of benzene rings is 1. The smallest absolute Gasteiger partial charge is 0.317 e. The largest absolute Gasteiger partial charge is 0.440 e. The fourth-order valence-electron chi connectivity index (χ4n) is 5.40. The molecule has 0 saturated heterocycles. The van der Waals surface area contributed by atoms with Crippen LogP contribution < -0.4 is 10.6 Å². The minimum Gasteiger partial charge on any atom is -0.317 e. The average molecular weight is 489 g/mol. The van der Waals surface area contributed by atoms with Crippen LogP contribution in [0, 0.1) is 19.8 Å². The molecule has 2 aromatic heterocycles. The topological polar surface area (TPSA) is 93.8 Å². The SMILES string of the molecule is Cc1cc2c(nc3n2C(NC(=O)CCC2CCCC2)(C(F)(F)F)C(=O)N3)c(-c2cnn(C)c2)c1C. The maximum Gasteiger partial charge on any atom is 0.440 e. The molecule has 1 fully saturated rings. The molecule has 11 heteroatoms. The van der Waals surface area contributed by atoms with Gasteiger partial charge in [0.05, 0.1) is 17.2 Å². The number of nitrogens with zero attached hydrogens (tertiary/aromatic N) is 4. The van der Waals surface area contributed by atoms with Gasteiger partial charge in [-0.25, -0.2) is 4.98 Å². The van der Waals surface area contributed by atoms with Crippen LogP contribution in [0.2, 0.25) is 0 Å². The van der Waals surface area contributed by atoms with Gasteiger partial charge in [0.15, 0.2) is 0 Å². The molecule has 0 spiro atoms. The second kappa shape index (κ2) is 8.10. The number of carbonyl (C=O) groups is 2. The summed E-state index contributed by atoms with van der Waals surface area (Å²) in [5, 5.41) is 8.52. The molecule has 186 valence electrons. The van der Waals surface area contributed by atoms with E-state index in [1.807, 2.05) is 6.92 Å². The molecule has 1 aromatic carbocycles. The van der Waals surface area contributed by atoms with Crippen LogP contribution in [0.3, 0.4) is 0 Å². The first kappa shape index (κ1) is 23.4. The standard InChI is InChI=1S/C24H27F3N6O2/c1-13-10-17-20(19(14(13)2)16-11-28-32(3)12-16)29-22-30-21(35)23(33(17)22,24(25,26)27)31-18(34)9-8-15-6-4-5-7-15/h10-12,15H,4-9H2,1-3H3,(H,31,34)(H,29,30,35). The normalized spacial score (nSPS) is 20.5. The summed E-state index contributed by atoms with van der Waals surface area (Å²) in [6, 6.07) is 1.58. The summed E-state index contributed by atoms with van der Waals surface area (Å²) in [5.41, 5.74) is 0.0120. The van der Waals surface area contributed by atoms with E-state index in [2.05, 4.69) is 20.7 Å². The van der Waals surface area contributed by atoms with Gasteiger partial charge in [0.25, 0.3) is 11.6 Å². The summed E-state index contributed by atoms with van der Waals surface area (Å²) in [5.74, 6) is -2.11. The van der Waals surface area contributed by atoms with Crippen molar-refractivity contribution in [2.45, 2.75) is 64.2 Å². The number of imidazole rings is 1. The highest BCUT2D eigenvalue weighted by atomic mass is 19.4. The van der Waals surface area contributed by atoms with Crippen LogP contribution in [0.5, 0.6) is 0 Å². The molecule has 0 radical (unpaired) electrons. The van der Waals surface area contributed by atoms with Crippen LogP contribution in [0.15, 0.2) is 18.5 Å². The Hall–Kier alpha value is -3.37. The van der Waals surface area contributed by atoms with Crippen LogP contribution in [0.4, 0.5) is 19.1 Å². The Morgan fingerprint density at radius 1 is 1.29 bits per heavy atom. The van der Waals surface area contributed by atoms with E-state index in [4.69, 9.17) is 0 Å². The van der Waals surface area contributed by atoms with Gasteiger partial charge in [-0.15, -0.1) is 0 Å². The van der Waals surface area contributed by atoms with Gasteiger partial charge in [0.2, 0.25) is 11.9 Å². The van der Waals surface area contributed by atoms with E-state index in [-0.39, 0.29) is 17.9 Å². The molecule has 0 bridgehead atoms. The zero-order valence-electron chi connectivity index (χ0n) is 19.8. The number of aromatic nitrogens is 4. The lowest BCUT2D eigenvalue weighted by atomic mass is 9.96. The number of halogens is 3. The summed E-state index contributed by atoms with van der Waals surface area (Å²) in [7, 11) is 1.75. The van der Waals surface area contributed by atoms with Crippen molar-refractivity contribution < 1.29 is 22.8 Å². The van der Waals surface area contributed by atoms with Crippen molar-refractivity contribution in [1.29, 1.82) is 0 Å². The monoisotopic (exact) mass is 488 g/mol. The molecule has 2 amide bonds. The highest BCUT2D eigenvalue weighted by molar-refractivity contribution is 6.07. The third kappa shape index (κ3) is 3.59. The lowest BCUT2D eigenvalue weighted by Gasteiger charge is -2.32. The predicted molar refractivity (Wildman–Crippen MR) is 123 cm³/mol. The van der Waals surface area contributed by atoms with Crippen LogP contribution in [0.1, 0.15) is 49.7 Å². The van der Waals surface area contributed by atoms with Gasteiger partial charge < -0.3 is 5.32 Å². The molecule has 3 aromatic rings. The van der Waals surface area contributed by atoms with Crippen molar-refractivity contribution in [1.82, 2.24) is 24.6 Å². The van der Waals surface area contributed by atoms with Gasteiger partial charge in [-0.3, -0.25) is 24.2 Å². The predicted octanol–water partition coefficient (Wildman–Crippen LogP) is 4.31. The minimum atomic E-state index is -5.10. The zero-order valence-corrected chi connectivity index (χ0v) is 19.8. The van der Waals surface area contributed by atoms with Crippen LogP contribution in [-0.2, 0) is 22.3 Å². The molecule has 2 aliphatic rings. The summed E-state index contributed by atoms with van der Waals surface area (Å²) < 4.78 is 46.6. The first-order valence-electron chi connectivity index (χ1n) is 11.7. The Morgan fingerprint density at radius 3 is 2.63 bits per heavy atom. The molecule has 5 rings (SSSR count). The number of rotatable bonds is 5. The van der Waals surface area contributed by atoms with E-state index in [1.165, 1.54) is 0 Å². The zero-order chi connectivity index (χ0) is 25.1. The Labute approximate surface area is 199 Å². The maximum atomic E-state index is 14.7. The number of carbonyl (C=O) groups excluding carboxylic acids is 2. The number of hydrogen-bond acceptors (Lipinski definition) is 4. The van der Waals surface area contributed by atoms with E-state index in [9.17, 15) is 22.8 Å². The number of amides is 2. The van der Waals surface area contributed by atoms with Gasteiger partial charge in [0, 0.05) is 30.8 Å². The van der Waals surface area contributed by atoms with Gasteiger partial charge in [-0.05, 0) is 43.4 Å².